The molecule has 2 aliphatic heterocycles. The molecule has 0 radical (unpaired) electrons. The number of nitrogens with zero attached hydrogens (tertiary/aromatic N) is 3. The van der Waals surface area contributed by atoms with Gasteiger partial charge in [0.1, 0.15) is 11.6 Å². The van der Waals surface area contributed by atoms with Crippen LogP contribution < -0.4 is 15.5 Å². The average Bonchev–Trinajstić information content (AvgIpc) is 3.02. The molecule has 1 aromatic heterocycles. The molecule has 0 spiro atoms. The third-order valence-corrected chi connectivity index (χ3v) is 7.10. The monoisotopic (exact) mass is 518 g/mol. The maximum atomic E-state index is 13.1. The SMILES string of the molecule is CC(NC(=O)OC(C)(C)C)C(=O)N1CCCCC1CCCOc1ncc(B2OC(C)(C)C(C)(C)O2)cn1. The lowest BCUT2D eigenvalue weighted by Gasteiger charge is -2.37. The molecular weight excluding hydrogens is 475 g/mol. The summed E-state index contributed by atoms with van der Waals surface area (Å²) in [7, 11) is -0.513. The van der Waals surface area contributed by atoms with E-state index in [9.17, 15) is 9.59 Å². The Labute approximate surface area is 221 Å². The first-order valence-electron chi connectivity index (χ1n) is 13.3. The zero-order chi connectivity index (χ0) is 27.4. The van der Waals surface area contributed by atoms with Crippen LogP contribution in [0.4, 0.5) is 4.79 Å². The molecule has 1 N–H and O–H groups in total. The Morgan fingerprint density at radius 1 is 1.16 bits per heavy atom. The Morgan fingerprint density at radius 2 is 1.78 bits per heavy atom. The highest BCUT2D eigenvalue weighted by Gasteiger charge is 2.52. The molecule has 206 valence electrons. The molecule has 37 heavy (non-hydrogen) atoms. The van der Waals surface area contributed by atoms with Crippen molar-refractivity contribution in [2.75, 3.05) is 13.2 Å². The Balaban J connectivity index is 1.45. The van der Waals surface area contributed by atoms with Gasteiger partial charge in [-0.25, -0.2) is 14.8 Å². The fraction of sp³-hybridized carbons (Fsp3) is 0.769. The second-order valence-corrected chi connectivity index (χ2v) is 11.9. The molecule has 3 heterocycles. The van der Waals surface area contributed by atoms with Gasteiger partial charge in [-0.1, -0.05) is 0 Å². The van der Waals surface area contributed by atoms with E-state index in [1.807, 2.05) is 32.6 Å². The number of hydrogen-bond donors (Lipinski definition) is 1. The summed E-state index contributed by atoms with van der Waals surface area (Å²) in [4.78, 5) is 35.7. The summed E-state index contributed by atoms with van der Waals surface area (Å²) in [6.45, 7) is 16.2. The third kappa shape index (κ3) is 7.80. The van der Waals surface area contributed by atoms with Crippen molar-refractivity contribution in [3.8, 4) is 6.01 Å². The van der Waals surface area contributed by atoms with E-state index in [0.29, 0.717) is 19.2 Å². The first-order valence-corrected chi connectivity index (χ1v) is 13.3. The first-order chi connectivity index (χ1) is 17.2. The van der Waals surface area contributed by atoms with E-state index in [4.69, 9.17) is 18.8 Å². The van der Waals surface area contributed by atoms with Gasteiger partial charge in [0, 0.05) is 30.4 Å². The fourth-order valence-corrected chi connectivity index (χ4v) is 4.37. The highest BCUT2D eigenvalue weighted by molar-refractivity contribution is 6.61. The van der Waals surface area contributed by atoms with Crippen LogP contribution >= 0.6 is 0 Å². The molecule has 2 amide bonds. The van der Waals surface area contributed by atoms with Crippen molar-refractivity contribution in [3.63, 3.8) is 0 Å². The molecule has 0 aromatic carbocycles. The number of amides is 2. The van der Waals surface area contributed by atoms with Crippen molar-refractivity contribution in [1.82, 2.24) is 20.2 Å². The number of likely N-dealkylation sites (tertiary alicyclic amines) is 1. The van der Waals surface area contributed by atoms with E-state index in [-0.39, 0.29) is 11.9 Å². The molecule has 2 unspecified atom stereocenters. The van der Waals surface area contributed by atoms with Gasteiger partial charge in [0.05, 0.1) is 17.8 Å². The largest absolute Gasteiger partial charge is 0.498 e. The van der Waals surface area contributed by atoms with Crippen LogP contribution in [-0.2, 0) is 18.8 Å². The summed E-state index contributed by atoms with van der Waals surface area (Å²) in [6.07, 6.45) is 7.29. The number of hydrogen-bond acceptors (Lipinski definition) is 8. The Bertz CT molecular complexity index is 918. The number of piperidine rings is 1. The van der Waals surface area contributed by atoms with Gasteiger partial charge in [-0.3, -0.25) is 4.79 Å². The van der Waals surface area contributed by atoms with Gasteiger partial charge >= 0.3 is 19.2 Å². The summed E-state index contributed by atoms with van der Waals surface area (Å²) >= 11 is 0. The lowest BCUT2D eigenvalue weighted by atomic mass is 9.81. The van der Waals surface area contributed by atoms with Gasteiger partial charge in [-0.05, 0) is 87.5 Å². The van der Waals surface area contributed by atoms with Crippen LogP contribution in [0, 0.1) is 0 Å². The van der Waals surface area contributed by atoms with Crippen molar-refractivity contribution in [2.24, 2.45) is 0 Å². The lowest BCUT2D eigenvalue weighted by molar-refractivity contribution is -0.137. The third-order valence-electron chi connectivity index (χ3n) is 7.10. The van der Waals surface area contributed by atoms with Gasteiger partial charge in [0.25, 0.3) is 0 Å². The highest BCUT2D eigenvalue weighted by Crippen LogP contribution is 2.36. The summed E-state index contributed by atoms with van der Waals surface area (Å²) in [5.41, 5.74) is -0.719. The van der Waals surface area contributed by atoms with Gasteiger partial charge < -0.3 is 29.0 Å². The average molecular weight is 518 g/mol. The summed E-state index contributed by atoms with van der Waals surface area (Å²) in [6, 6.07) is -0.242. The molecule has 0 saturated carbocycles. The topological polar surface area (TPSA) is 112 Å². The molecule has 2 aliphatic rings. The maximum Gasteiger partial charge on any atom is 0.498 e. The molecule has 10 nitrogen and oxygen atoms in total. The fourth-order valence-electron chi connectivity index (χ4n) is 4.37. The van der Waals surface area contributed by atoms with Crippen LogP contribution in [0.5, 0.6) is 6.01 Å². The summed E-state index contributed by atoms with van der Waals surface area (Å²) < 4.78 is 23.1. The molecule has 2 fully saturated rings. The quantitative estimate of drug-likeness (QED) is 0.413. The van der Waals surface area contributed by atoms with E-state index in [0.717, 1.165) is 37.6 Å². The number of nitrogens with one attached hydrogen (secondary N) is 1. The zero-order valence-electron chi connectivity index (χ0n) is 23.6. The number of ether oxygens (including phenoxy) is 2. The Hall–Kier alpha value is -2.40. The van der Waals surface area contributed by atoms with Crippen molar-refractivity contribution in [3.05, 3.63) is 12.4 Å². The Morgan fingerprint density at radius 3 is 2.38 bits per heavy atom. The van der Waals surface area contributed by atoms with Crippen LogP contribution in [0.1, 0.15) is 87.5 Å². The lowest BCUT2D eigenvalue weighted by Crippen LogP contribution is -2.52. The van der Waals surface area contributed by atoms with E-state index >= 15 is 0 Å². The molecule has 0 aliphatic carbocycles. The van der Waals surface area contributed by atoms with Crippen molar-refractivity contribution < 1.29 is 28.4 Å². The van der Waals surface area contributed by atoms with E-state index in [1.54, 1.807) is 40.1 Å². The summed E-state index contributed by atoms with van der Waals surface area (Å²) in [5, 5.41) is 2.66. The number of carbonyl (C=O) groups is 2. The Kier molecular flexibility index (Phi) is 9.11. The number of rotatable bonds is 8. The first kappa shape index (κ1) is 29.2. The van der Waals surface area contributed by atoms with Gasteiger partial charge in [-0.2, -0.15) is 0 Å². The van der Waals surface area contributed by atoms with E-state index < -0.39 is 36.1 Å². The molecule has 11 heteroatoms. The molecule has 2 atom stereocenters. The molecule has 1 aromatic rings. The van der Waals surface area contributed by atoms with Crippen LogP contribution in [-0.4, -0.2) is 76.0 Å². The minimum Gasteiger partial charge on any atom is -0.463 e. The number of aromatic nitrogens is 2. The zero-order valence-corrected chi connectivity index (χ0v) is 23.6. The van der Waals surface area contributed by atoms with E-state index in [2.05, 4.69) is 15.3 Å². The normalized spacial score (nSPS) is 21.9. The van der Waals surface area contributed by atoms with Crippen LogP contribution in [0.3, 0.4) is 0 Å². The van der Waals surface area contributed by atoms with Gasteiger partial charge in [0.2, 0.25) is 5.91 Å². The number of carbonyl (C=O) groups excluding carboxylic acids is 2. The summed E-state index contributed by atoms with van der Waals surface area (Å²) in [5.74, 6) is -0.0851. The minimum atomic E-state index is -0.650. The van der Waals surface area contributed by atoms with E-state index in [1.165, 1.54) is 0 Å². The predicted molar refractivity (Wildman–Crippen MR) is 141 cm³/mol. The number of alkyl carbamates (subject to hydrolysis) is 1. The van der Waals surface area contributed by atoms with Gasteiger partial charge in [-0.15, -0.1) is 0 Å². The van der Waals surface area contributed by atoms with Gasteiger partial charge in [0.15, 0.2) is 0 Å². The maximum absolute atomic E-state index is 13.1. The highest BCUT2D eigenvalue weighted by atomic mass is 16.7. The standard InChI is InChI=1S/C26H43BN4O6/c1-18(30-23(33)35-24(2,3)4)21(32)31-14-10-9-12-20(31)13-11-15-34-22-28-16-19(17-29-22)27-36-25(5,6)26(7,8)37-27/h16-18,20H,9-15H2,1-8H3,(H,30,33). The predicted octanol–water partition coefficient (Wildman–Crippen LogP) is 3.23. The second-order valence-electron chi connectivity index (χ2n) is 11.9. The molecule has 3 rings (SSSR count). The van der Waals surface area contributed by atoms with Crippen molar-refractivity contribution in [2.45, 2.75) is 116 Å². The molecule has 0 bridgehead atoms. The smallest absolute Gasteiger partial charge is 0.463 e. The molecular formula is C26H43BN4O6. The second kappa shape index (κ2) is 11.6. The molecule has 2 saturated heterocycles. The van der Waals surface area contributed by atoms with Crippen LogP contribution in [0.15, 0.2) is 12.4 Å². The van der Waals surface area contributed by atoms with Crippen LogP contribution in [0.2, 0.25) is 0 Å². The van der Waals surface area contributed by atoms with Crippen molar-refractivity contribution in [1.29, 1.82) is 0 Å². The minimum absolute atomic E-state index is 0.0851. The van der Waals surface area contributed by atoms with Crippen molar-refractivity contribution >= 4 is 24.6 Å². The van der Waals surface area contributed by atoms with Crippen LogP contribution in [0.25, 0.3) is 0 Å².